The van der Waals surface area contributed by atoms with Gasteiger partial charge in [-0.2, -0.15) is 0 Å². The molecule has 0 aromatic heterocycles. The van der Waals surface area contributed by atoms with Crippen LogP contribution in [0.3, 0.4) is 0 Å². The zero-order chi connectivity index (χ0) is 19.4. The number of ether oxygens (including phenoxy) is 3. The fraction of sp³-hybridized carbons (Fsp3) is 0.700. The molecule has 0 aliphatic carbocycles. The molecule has 0 amide bonds. The van der Waals surface area contributed by atoms with Gasteiger partial charge in [-0.1, -0.05) is 48.8 Å². The summed E-state index contributed by atoms with van der Waals surface area (Å²) in [6, 6.07) is 7.94. The van der Waals surface area contributed by atoms with Gasteiger partial charge >= 0.3 is 0 Å². The SMILES string of the molecule is COc1ccc(CO[C@@H]2O[C@@H](CCBr)C[C@@H]2O[Si](C)(C)C(C)(C)C)cc1. The summed E-state index contributed by atoms with van der Waals surface area (Å²) in [4.78, 5) is 0. The predicted octanol–water partition coefficient (Wildman–Crippen LogP) is 5.50. The largest absolute Gasteiger partial charge is 0.497 e. The van der Waals surface area contributed by atoms with Crippen LogP contribution in [0, 0.1) is 0 Å². The summed E-state index contributed by atoms with van der Waals surface area (Å²) in [6.07, 6.45) is 1.74. The van der Waals surface area contributed by atoms with Crippen LogP contribution in [0.2, 0.25) is 18.1 Å². The lowest BCUT2D eigenvalue weighted by Gasteiger charge is -2.39. The quantitative estimate of drug-likeness (QED) is 0.391. The van der Waals surface area contributed by atoms with Crippen LogP contribution in [0.25, 0.3) is 0 Å². The molecule has 1 saturated heterocycles. The zero-order valence-electron chi connectivity index (χ0n) is 16.9. The first-order valence-corrected chi connectivity index (χ1v) is 13.3. The molecule has 2 rings (SSSR count). The van der Waals surface area contributed by atoms with Crippen LogP contribution in [0.4, 0.5) is 0 Å². The Kier molecular flexibility index (Phi) is 7.74. The molecule has 1 aliphatic heterocycles. The van der Waals surface area contributed by atoms with Crippen molar-refractivity contribution in [1.29, 1.82) is 0 Å². The Balaban J connectivity index is 2.02. The van der Waals surface area contributed by atoms with E-state index in [9.17, 15) is 0 Å². The molecule has 6 heteroatoms. The maximum Gasteiger partial charge on any atom is 0.192 e. The number of benzene rings is 1. The van der Waals surface area contributed by atoms with Crippen LogP contribution in [0.5, 0.6) is 5.75 Å². The van der Waals surface area contributed by atoms with Gasteiger partial charge in [0.05, 0.1) is 25.9 Å². The zero-order valence-corrected chi connectivity index (χ0v) is 19.5. The van der Waals surface area contributed by atoms with E-state index >= 15 is 0 Å². The van der Waals surface area contributed by atoms with Crippen molar-refractivity contribution in [3.8, 4) is 5.75 Å². The normalized spacial score (nSPS) is 24.0. The van der Waals surface area contributed by atoms with Gasteiger partial charge in [-0.15, -0.1) is 0 Å². The first-order valence-electron chi connectivity index (χ1n) is 9.30. The van der Waals surface area contributed by atoms with Crippen LogP contribution in [0.1, 0.15) is 39.2 Å². The first kappa shape index (κ1) is 21.9. The first-order chi connectivity index (χ1) is 12.2. The molecule has 1 heterocycles. The second kappa shape index (κ2) is 9.19. The van der Waals surface area contributed by atoms with Gasteiger partial charge in [0, 0.05) is 11.8 Å². The Labute approximate surface area is 167 Å². The van der Waals surface area contributed by atoms with Crippen LogP contribution in [-0.4, -0.2) is 39.3 Å². The predicted molar refractivity (Wildman–Crippen MR) is 112 cm³/mol. The molecule has 3 atom stereocenters. The van der Waals surface area contributed by atoms with Crippen molar-refractivity contribution in [3.63, 3.8) is 0 Å². The Bertz CT molecular complexity index is 556. The smallest absolute Gasteiger partial charge is 0.192 e. The molecule has 1 fully saturated rings. The van der Waals surface area contributed by atoms with Gasteiger partial charge in [0.15, 0.2) is 14.6 Å². The van der Waals surface area contributed by atoms with E-state index in [1.165, 1.54) is 0 Å². The van der Waals surface area contributed by atoms with E-state index in [0.29, 0.717) is 6.61 Å². The fourth-order valence-corrected chi connectivity index (χ4v) is 4.54. The summed E-state index contributed by atoms with van der Waals surface area (Å²) in [7, 11) is -0.202. The van der Waals surface area contributed by atoms with E-state index < -0.39 is 8.32 Å². The molecule has 0 N–H and O–H groups in total. The van der Waals surface area contributed by atoms with Crippen molar-refractivity contribution in [2.75, 3.05) is 12.4 Å². The van der Waals surface area contributed by atoms with E-state index in [1.54, 1.807) is 7.11 Å². The monoisotopic (exact) mass is 444 g/mol. The number of hydrogen-bond donors (Lipinski definition) is 0. The minimum atomic E-state index is -1.87. The number of rotatable bonds is 8. The lowest BCUT2D eigenvalue weighted by molar-refractivity contribution is -0.168. The second-order valence-electron chi connectivity index (χ2n) is 8.42. The van der Waals surface area contributed by atoms with Crippen molar-refractivity contribution in [2.24, 2.45) is 0 Å². The van der Waals surface area contributed by atoms with Crippen LogP contribution >= 0.6 is 15.9 Å². The van der Waals surface area contributed by atoms with Gasteiger partial charge in [0.1, 0.15) is 5.75 Å². The van der Waals surface area contributed by atoms with Crippen molar-refractivity contribution in [2.45, 2.75) is 76.8 Å². The highest BCUT2D eigenvalue weighted by molar-refractivity contribution is 9.09. The lowest BCUT2D eigenvalue weighted by Crippen LogP contribution is -2.46. The molecule has 1 aromatic rings. The van der Waals surface area contributed by atoms with E-state index in [4.69, 9.17) is 18.6 Å². The van der Waals surface area contributed by atoms with E-state index in [-0.39, 0.29) is 23.5 Å². The molecule has 26 heavy (non-hydrogen) atoms. The fourth-order valence-electron chi connectivity index (χ4n) is 2.72. The Morgan fingerprint density at radius 2 is 1.85 bits per heavy atom. The number of methoxy groups -OCH3 is 1. The Hall–Kier alpha value is -0.403. The molecule has 148 valence electrons. The topological polar surface area (TPSA) is 36.9 Å². The molecule has 0 spiro atoms. The molecular weight excluding hydrogens is 412 g/mol. The summed E-state index contributed by atoms with van der Waals surface area (Å²) < 4.78 is 24.1. The summed E-state index contributed by atoms with van der Waals surface area (Å²) in [5.74, 6) is 0.849. The molecule has 1 aliphatic rings. The Morgan fingerprint density at radius 3 is 2.38 bits per heavy atom. The molecule has 0 saturated carbocycles. The Morgan fingerprint density at radius 1 is 1.19 bits per heavy atom. The third-order valence-electron chi connectivity index (χ3n) is 5.38. The number of halogens is 1. The summed E-state index contributed by atoms with van der Waals surface area (Å²) in [5.41, 5.74) is 1.10. The standard InChI is InChI=1S/C20H33BrO4Si/c1-20(2,3)26(5,6)25-18-13-17(11-12-21)24-19(18)23-14-15-7-9-16(22-4)10-8-15/h7-10,17-19H,11-14H2,1-6H3/t17-,18-,19+/m0/s1. The molecule has 1 aromatic carbocycles. The molecule has 0 unspecified atom stereocenters. The van der Waals surface area contributed by atoms with Crippen molar-refractivity contribution < 1.29 is 18.6 Å². The van der Waals surface area contributed by atoms with Gasteiger partial charge < -0.3 is 18.6 Å². The number of alkyl halides is 1. The summed E-state index contributed by atoms with van der Waals surface area (Å²) in [5, 5.41) is 1.09. The average molecular weight is 445 g/mol. The minimum absolute atomic E-state index is 0.00168. The third-order valence-corrected chi connectivity index (χ3v) is 10.3. The van der Waals surface area contributed by atoms with Crippen LogP contribution < -0.4 is 4.74 Å². The number of hydrogen-bond acceptors (Lipinski definition) is 4. The molecular formula is C20H33BrO4Si. The molecule has 0 bridgehead atoms. The minimum Gasteiger partial charge on any atom is -0.497 e. The molecule has 4 nitrogen and oxygen atoms in total. The average Bonchev–Trinajstić information content (AvgIpc) is 2.93. The van der Waals surface area contributed by atoms with Gasteiger partial charge in [-0.25, -0.2) is 0 Å². The lowest BCUT2D eigenvalue weighted by atomic mass is 10.1. The van der Waals surface area contributed by atoms with Crippen molar-refractivity contribution in [1.82, 2.24) is 0 Å². The summed E-state index contributed by atoms with van der Waals surface area (Å²) in [6.45, 7) is 11.9. The van der Waals surface area contributed by atoms with Gasteiger partial charge in [0.25, 0.3) is 0 Å². The summed E-state index contributed by atoms with van der Waals surface area (Å²) >= 11 is 3.52. The third kappa shape index (κ3) is 5.80. The highest BCUT2D eigenvalue weighted by Crippen LogP contribution is 2.40. The van der Waals surface area contributed by atoms with Crippen LogP contribution in [0.15, 0.2) is 24.3 Å². The highest BCUT2D eigenvalue weighted by Gasteiger charge is 2.44. The van der Waals surface area contributed by atoms with Gasteiger partial charge in [0.2, 0.25) is 0 Å². The maximum atomic E-state index is 6.63. The van der Waals surface area contributed by atoms with Crippen molar-refractivity contribution in [3.05, 3.63) is 29.8 Å². The molecule has 0 radical (unpaired) electrons. The van der Waals surface area contributed by atoms with Gasteiger partial charge in [-0.05, 0) is 42.2 Å². The van der Waals surface area contributed by atoms with Gasteiger partial charge in [-0.3, -0.25) is 0 Å². The van der Waals surface area contributed by atoms with Crippen LogP contribution in [-0.2, 0) is 20.5 Å². The van der Waals surface area contributed by atoms with Crippen molar-refractivity contribution >= 4 is 24.2 Å². The van der Waals surface area contributed by atoms with E-state index in [0.717, 1.165) is 29.5 Å². The van der Waals surface area contributed by atoms with E-state index in [1.807, 2.05) is 24.3 Å². The second-order valence-corrected chi connectivity index (χ2v) is 14.0. The van der Waals surface area contributed by atoms with E-state index in [2.05, 4.69) is 49.8 Å². The highest BCUT2D eigenvalue weighted by atomic mass is 79.9. The maximum absolute atomic E-state index is 6.63.